The van der Waals surface area contributed by atoms with E-state index in [-0.39, 0.29) is 17.9 Å². The standard InChI is InChI=1S/C22H20O8/c1-26-17-11-20(28-3)19(27-2)8-13(17)4-7-21(24)29-12-14-9-22(25)30-18-10-15(23)5-6-16(14)18/h4-11,23H,12H2,1-3H3/b7-4+. The van der Waals surface area contributed by atoms with E-state index in [1.165, 1.54) is 51.7 Å². The molecule has 0 bridgehead atoms. The number of phenolic OH excluding ortho intramolecular Hbond substituents is 1. The van der Waals surface area contributed by atoms with Gasteiger partial charge in [-0.25, -0.2) is 9.59 Å². The number of ether oxygens (including phenoxy) is 4. The third-order valence-electron chi connectivity index (χ3n) is 4.32. The van der Waals surface area contributed by atoms with Crippen LogP contribution in [0.25, 0.3) is 17.0 Å². The number of hydrogen-bond acceptors (Lipinski definition) is 8. The summed E-state index contributed by atoms with van der Waals surface area (Å²) in [4.78, 5) is 23.9. The zero-order valence-corrected chi connectivity index (χ0v) is 16.6. The van der Waals surface area contributed by atoms with Gasteiger partial charge in [-0.05, 0) is 24.3 Å². The summed E-state index contributed by atoms with van der Waals surface area (Å²) in [6.07, 6.45) is 2.77. The second-order valence-corrected chi connectivity index (χ2v) is 6.16. The quantitative estimate of drug-likeness (QED) is 0.358. The molecule has 0 fully saturated rings. The van der Waals surface area contributed by atoms with Gasteiger partial charge in [0.2, 0.25) is 0 Å². The monoisotopic (exact) mass is 412 g/mol. The summed E-state index contributed by atoms with van der Waals surface area (Å²) in [5, 5.41) is 10.1. The Labute approximate surface area is 171 Å². The number of phenols is 1. The van der Waals surface area contributed by atoms with E-state index in [2.05, 4.69) is 0 Å². The smallest absolute Gasteiger partial charge is 0.336 e. The molecule has 3 aromatic rings. The van der Waals surface area contributed by atoms with E-state index >= 15 is 0 Å². The Bertz CT molecular complexity index is 1160. The van der Waals surface area contributed by atoms with E-state index in [1.807, 2.05) is 0 Å². The van der Waals surface area contributed by atoms with Crippen molar-refractivity contribution in [1.82, 2.24) is 0 Å². The summed E-state index contributed by atoms with van der Waals surface area (Å²) in [5.74, 6) is 0.814. The summed E-state index contributed by atoms with van der Waals surface area (Å²) in [6.45, 7) is -0.140. The molecule has 1 heterocycles. The molecule has 30 heavy (non-hydrogen) atoms. The molecule has 1 aromatic heterocycles. The van der Waals surface area contributed by atoms with Crippen LogP contribution in [0, 0.1) is 0 Å². The van der Waals surface area contributed by atoms with Crippen LogP contribution in [0.4, 0.5) is 0 Å². The van der Waals surface area contributed by atoms with Crippen molar-refractivity contribution in [3.8, 4) is 23.0 Å². The van der Waals surface area contributed by atoms with Gasteiger partial charge in [-0.3, -0.25) is 0 Å². The minimum atomic E-state index is -0.619. The van der Waals surface area contributed by atoms with Gasteiger partial charge in [-0.15, -0.1) is 0 Å². The fraction of sp³-hybridized carbons (Fsp3) is 0.182. The molecule has 0 spiro atoms. The van der Waals surface area contributed by atoms with Gasteiger partial charge in [-0.1, -0.05) is 0 Å². The van der Waals surface area contributed by atoms with Crippen molar-refractivity contribution in [1.29, 1.82) is 0 Å². The SMILES string of the molecule is COc1cc(OC)c(OC)cc1/C=C/C(=O)OCc1cc(=O)oc2cc(O)ccc12. The number of aromatic hydroxyl groups is 1. The van der Waals surface area contributed by atoms with E-state index in [1.54, 1.807) is 18.2 Å². The highest BCUT2D eigenvalue weighted by Crippen LogP contribution is 2.35. The molecule has 0 radical (unpaired) electrons. The zero-order valence-electron chi connectivity index (χ0n) is 16.6. The summed E-state index contributed by atoms with van der Waals surface area (Å²) < 4.78 is 26.1. The largest absolute Gasteiger partial charge is 0.508 e. The van der Waals surface area contributed by atoms with Gasteiger partial charge in [0, 0.05) is 40.8 Å². The number of rotatable bonds is 7. The van der Waals surface area contributed by atoms with Crippen molar-refractivity contribution in [3.63, 3.8) is 0 Å². The van der Waals surface area contributed by atoms with Crippen molar-refractivity contribution < 1.29 is 33.3 Å². The van der Waals surface area contributed by atoms with Crippen molar-refractivity contribution in [2.45, 2.75) is 6.61 Å². The van der Waals surface area contributed by atoms with Crippen LogP contribution >= 0.6 is 0 Å². The van der Waals surface area contributed by atoms with E-state index in [0.717, 1.165) is 0 Å². The van der Waals surface area contributed by atoms with Gasteiger partial charge in [-0.2, -0.15) is 0 Å². The number of carbonyl (C=O) groups is 1. The van der Waals surface area contributed by atoms with Crippen LogP contribution < -0.4 is 19.8 Å². The summed E-state index contributed by atoms with van der Waals surface area (Å²) in [5.41, 5.74) is 0.656. The third kappa shape index (κ3) is 4.54. The lowest BCUT2D eigenvalue weighted by molar-refractivity contribution is -0.138. The molecular formula is C22H20O8. The van der Waals surface area contributed by atoms with Crippen LogP contribution in [0.5, 0.6) is 23.0 Å². The van der Waals surface area contributed by atoms with Gasteiger partial charge < -0.3 is 28.5 Å². The maximum Gasteiger partial charge on any atom is 0.336 e. The van der Waals surface area contributed by atoms with Crippen molar-refractivity contribution in [2.75, 3.05) is 21.3 Å². The minimum absolute atomic E-state index is 0.0356. The first-order chi connectivity index (χ1) is 14.4. The number of fused-ring (bicyclic) bond motifs is 1. The lowest BCUT2D eigenvalue weighted by atomic mass is 10.1. The number of methoxy groups -OCH3 is 3. The highest BCUT2D eigenvalue weighted by molar-refractivity contribution is 5.88. The Hall–Kier alpha value is -3.94. The Morgan fingerprint density at radius 1 is 1.00 bits per heavy atom. The van der Waals surface area contributed by atoms with Crippen molar-refractivity contribution in [2.24, 2.45) is 0 Å². The van der Waals surface area contributed by atoms with Crippen LogP contribution in [0.15, 0.2) is 51.7 Å². The van der Waals surface area contributed by atoms with Crippen LogP contribution in [0.1, 0.15) is 11.1 Å². The van der Waals surface area contributed by atoms with E-state index < -0.39 is 11.6 Å². The molecule has 8 nitrogen and oxygen atoms in total. The first kappa shape index (κ1) is 20.8. The fourth-order valence-electron chi connectivity index (χ4n) is 2.88. The molecule has 3 rings (SSSR count). The Morgan fingerprint density at radius 2 is 1.70 bits per heavy atom. The molecule has 156 valence electrons. The van der Waals surface area contributed by atoms with Gasteiger partial charge in [0.15, 0.2) is 11.5 Å². The normalized spacial score (nSPS) is 10.9. The van der Waals surface area contributed by atoms with Crippen LogP contribution in [0.3, 0.4) is 0 Å². The van der Waals surface area contributed by atoms with E-state index in [9.17, 15) is 14.7 Å². The number of esters is 1. The molecular weight excluding hydrogens is 392 g/mol. The van der Waals surface area contributed by atoms with Crippen molar-refractivity contribution >= 4 is 23.0 Å². The zero-order chi connectivity index (χ0) is 21.7. The fourth-order valence-corrected chi connectivity index (χ4v) is 2.88. The lowest BCUT2D eigenvalue weighted by Gasteiger charge is -2.12. The Balaban J connectivity index is 1.78. The molecule has 0 saturated heterocycles. The van der Waals surface area contributed by atoms with Crippen LogP contribution in [-0.4, -0.2) is 32.4 Å². The van der Waals surface area contributed by atoms with Crippen LogP contribution in [-0.2, 0) is 16.1 Å². The number of carbonyl (C=O) groups excluding carboxylic acids is 1. The summed E-state index contributed by atoms with van der Waals surface area (Å²) in [7, 11) is 4.52. The molecule has 0 aliphatic rings. The van der Waals surface area contributed by atoms with Gasteiger partial charge in [0.1, 0.15) is 23.7 Å². The number of hydrogen-bond donors (Lipinski definition) is 1. The third-order valence-corrected chi connectivity index (χ3v) is 4.32. The lowest BCUT2D eigenvalue weighted by Crippen LogP contribution is -2.05. The molecule has 2 aromatic carbocycles. The van der Waals surface area contributed by atoms with Gasteiger partial charge in [0.05, 0.1) is 21.3 Å². The molecule has 0 atom stereocenters. The summed E-state index contributed by atoms with van der Waals surface area (Å²) in [6, 6.07) is 8.93. The van der Waals surface area contributed by atoms with E-state index in [4.69, 9.17) is 23.4 Å². The average Bonchev–Trinajstić information content (AvgIpc) is 2.74. The summed E-state index contributed by atoms with van der Waals surface area (Å²) >= 11 is 0. The van der Waals surface area contributed by atoms with Gasteiger partial charge in [0.25, 0.3) is 0 Å². The molecule has 8 heteroatoms. The van der Waals surface area contributed by atoms with Crippen LogP contribution in [0.2, 0.25) is 0 Å². The second kappa shape index (κ2) is 9.04. The average molecular weight is 412 g/mol. The minimum Gasteiger partial charge on any atom is -0.508 e. The Kier molecular flexibility index (Phi) is 6.26. The molecule has 1 N–H and O–H groups in total. The molecule has 0 saturated carbocycles. The highest BCUT2D eigenvalue weighted by atomic mass is 16.5. The van der Waals surface area contributed by atoms with Crippen molar-refractivity contribution in [3.05, 3.63) is 64.0 Å². The molecule has 0 aliphatic heterocycles. The predicted octanol–water partition coefficient (Wildman–Crippen LogP) is 3.28. The van der Waals surface area contributed by atoms with Gasteiger partial charge >= 0.3 is 11.6 Å². The molecule has 0 aliphatic carbocycles. The first-order valence-electron chi connectivity index (χ1n) is 8.85. The number of benzene rings is 2. The predicted molar refractivity (Wildman–Crippen MR) is 109 cm³/mol. The Morgan fingerprint density at radius 3 is 2.40 bits per heavy atom. The maximum absolute atomic E-state index is 12.2. The second-order valence-electron chi connectivity index (χ2n) is 6.16. The topological polar surface area (TPSA) is 104 Å². The highest BCUT2D eigenvalue weighted by Gasteiger charge is 2.11. The molecule has 0 amide bonds. The molecule has 0 unspecified atom stereocenters. The maximum atomic E-state index is 12.2. The first-order valence-corrected chi connectivity index (χ1v) is 8.85. The van der Waals surface area contributed by atoms with E-state index in [0.29, 0.717) is 33.8 Å².